The van der Waals surface area contributed by atoms with Crippen LogP contribution in [0.3, 0.4) is 0 Å². The molecule has 1 atom stereocenters. The van der Waals surface area contributed by atoms with Crippen molar-refractivity contribution in [3.63, 3.8) is 0 Å². The number of aliphatic hydroxyl groups is 1. The summed E-state index contributed by atoms with van der Waals surface area (Å²) in [4.78, 5) is 13.2. The molecule has 0 aromatic carbocycles. The van der Waals surface area contributed by atoms with E-state index < -0.39 is 0 Å². The van der Waals surface area contributed by atoms with Gasteiger partial charge in [0.2, 0.25) is 0 Å². The second kappa shape index (κ2) is 7.88. The topological polar surface area (TPSA) is 58.6 Å². The van der Waals surface area contributed by atoms with Crippen molar-refractivity contribution in [2.75, 3.05) is 26.9 Å². The van der Waals surface area contributed by atoms with E-state index in [9.17, 15) is 4.79 Å². The number of hydrogen-bond donors (Lipinski definition) is 2. The number of amides is 1. The van der Waals surface area contributed by atoms with Crippen LogP contribution in [-0.4, -0.2) is 37.9 Å². The van der Waals surface area contributed by atoms with Crippen LogP contribution >= 0.6 is 11.3 Å². The quantitative estimate of drug-likeness (QED) is 0.786. The third-order valence-electron chi connectivity index (χ3n) is 2.18. The van der Waals surface area contributed by atoms with Crippen molar-refractivity contribution in [3.8, 4) is 11.8 Å². The lowest BCUT2D eigenvalue weighted by Crippen LogP contribution is -2.29. The lowest BCUT2D eigenvalue weighted by molar-refractivity contribution is 0.0938. The highest BCUT2D eigenvalue weighted by Gasteiger charge is 2.09. The van der Waals surface area contributed by atoms with Crippen LogP contribution in [0.15, 0.2) is 12.1 Å². The highest BCUT2D eigenvalue weighted by atomic mass is 32.1. The van der Waals surface area contributed by atoms with E-state index in [2.05, 4.69) is 17.2 Å². The molecule has 5 heteroatoms. The van der Waals surface area contributed by atoms with Crippen LogP contribution in [0.25, 0.3) is 0 Å². The Kier molecular flexibility index (Phi) is 6.44. The summed E-state index contributed by atoms with van der Waals surface area (Å²) in [5.41, 5.74) is 0. The van der Waals surface area contributed by atoms with Crippen LogP contribution in [0.2, 0.25) is 0 Å². The average Bonchev–Trinajstić information content (AvgIpc) is 2.82. The molecule has 98 valence electrons. The number of methoxy groups -OCH3 is 1. The van der Waals surface area contributed by atoms with Gasteiger partial charge >= 0.3 is 0 Å². The maximum absolute atomic E-state index is 11.8. The predicted octanol–water partition coefficient (Wildman–Crippen LogP) is 1.10. The first-order valence-corrected chi connectivity index (χ1v) is 6.45. The minimum absolute atomic E-state index is 0.0972. The third-order valence-corrected chi connectivity index (χ3v) is 3.18. The molecule has 1 amide bonds. The fraction of sp³-hybridized carbons (Fsp3) is 0.462. The van der Waals surface area contributed by atoms with Gasteiger partial charge in [-0.3, -0.25) is 4.79 Å². The lowest BCUT2D eigenvalue weighted by Gasteiger charge is -2.10. The van der Waals surface area contributed by atoms with E-state index in [0.717, 1.165) is 4.88 Å². The summed E-state index contributed by atoms with van der Waals surface area (Å²) in [5, 5.41) is 11.4. The molecule has 1 aromatic rings. The van der Waals surface area contributed by atoms with Gasteiger partial charge in [-0.1, -0.05) is 18.8 Å². The van der Waals surface area contributed by atoms with Crippen LogP contribution in [0.5, 0.6) is 0 Å². The molecule has 4 nitrogen and oxygen atoms in total. The number of rotatable bonds is 5. The van der Waals surface area contributed by atoms with E-state index in [1.165, 1.54) is 11.3 Å². The van der Waals surface area contributed by atoms with Gasteiger partial charge in [-0.25, -0.2) is 0 Å². The monoisotopic (exact) mass is 267 g/mol. The maximum Gasteiger partial charge on any atom is 0.261 e. The molecule has 0 aliphatic carbocycles. The van der Waals surface area contributed by atoms with E-state index in [-0.39, 0.29) is 18.4 Å². The summed E-state index contributed by atoms with van der Waals surface area (Å²) >= 11 is 1.32. The summed E-state index contributed by atoms with van der Waals surface area (Å²) in [5.74, 6) is 5.51. The van der Waals surface area contributed by atoms with Crippen LogP contribution in [0, 0.1) is 17.8 Å². The summed E-state index contributed by atoms with van der Waals surface area (Å²) < 4.78 is 5.00. The van der Waals surface area contributed by atoms with Crippen molar-refractivity contribution < 1.29 is 14.6 Å². The summed E-state index contributed by atoms with van der Waals surface area (Å²) in [6.07, 6.45) is 0. The molecule has 0 saturated heterocycles. The smallest absolute Gasteiger partial charge is 0.261 e. The molecule has 18 heavy (non-hydrogen) atoms. The van der Waals surface area contributed by atoms with Gasteiger partial charge in [0.05, 0.1) is 16.4 Å². The van der Waals surface area contributed by atoms with Crippen LogP contribution in [-0.2, 0) is 4.74 Å². The number of hydrogen-bond acceptors (Lipinski definition) is 4. The average molecular weight is 267 g/mol. The van der Waals surface area contributed by atoms with Crippen molar-refractivity contribution in [1.82, 2.24) is 5.32 Å². The predicted molar refractivity (Wildman–Crippen MR) is 71.7 cm³/mol. The van der Waals surface area contributed by atoms with Crippen LogP contribution in [0.1, 0.15) is 21.5 Å². The first kappa shape index (κ1) is 14.7. The Labute approximate surface area is 111 Å². The van der Waals surface area contributed by atoms with Gasteiger partial charge in [0.15, 0.2) is 0 Å². The third kappa shape index (κ3) is 4.88. The number of carbonyl (C=O) groups is 1. The Balaban J connectivity index is 2.49. The first-order valence-electron chi connectivity index (χ1n) is 5.64. The molecular weight excluding hydrogens is 250 g/mol. The van der Waals surface area contributed by atoms with Crippen molar-refractivity contribution in [2.24, 2.45) is 5.92 Å². The Morgan fingerprint density at radius 3 is 3.06 bits per heavy atom. The van der Waals surface area contributed by atoms with E-state index in [4.69, 9.17) is 9.84 Å². The molecular formula is C13H17NO3S. The van der Waals surface area contributed by atoms with Crippen molar-refractivity contribution in [2.45, 2.75) is 6.92 Å². The zero-order valence-corrected chi connectivity index (χ0v) is 11.3. The fourth-order valence-electron chi connectivity index (χ4n) is 1.35. The molecule has 1 rings (SSSR count). The van der Waals surface area contributed by atoms with Crippen LogP contribution in [0.4, 0.5) is 0 Å². The molecule has 1 aromatic heterocycles. The number of thiophene rings is 1. The van der Waals surface area contributed by atoms with Gasteiger partial charge in [0.25, 0.3) is 5.91 Å². The number of aliphatic hydroxyl groups excluding tert-OH is 1. The van der Waals surface area contributed by atoms with Gasteiger partial charge < -0.3 is 15.2 Å². The summed E-state index contributed by atoms with van der Waals surface area (Å²) in [6.45, 7) is 3.05. The number of ether oxygens (including phenoxy) is 1. The van der Waals surface area contributed by atoms with Crippen molar-refractivity contribution >= 4 is 17.2 Å². The summed E-state index contributed by atoms with van der Waals surface area (Å²) in [7, 11) is 1.64. The summed E-state index contributed by atoms with van der Waals surface area (Å²) in [6, 6.07) is 3.52. The minimum Gasteiger partial charge on any atom is -0.384 e. The molecule has 0 bridgehead atoms. The normalized spacial score (nSPS) is 11.5. The zero-order valence-electron chi connectivity index (χ0n) is 10.5. The standard InChI is InChI=1S/C13H17NO3S/c1-10(9-17-2)8-14-13(16)12-6-5-11(18-12)4-3-7-15/h5-6,10,15H,7-9H2,1-2H3,(H,14,16). The molecule has 1 heterocycles. The maximum atomic E-state index is 11.8. The molecule has 0 radical (unpaired) electrons. The van der Waals surface area contributed by atoms with Crippen molar-refractivity contribution in [1.29, 1.82) is 0 Å². The molecule has 0 spiro atoms. The van der Waals surface area contributed by atoms with E-state index in [1.807, 2.05) is 6.92 Å². The largest absolute Gasteiger partial charge is 0.384 e. The van der Waals surface area contributed by atoms with Gasteiger partial charge in [0, 0.05) is 13.7 Å². The lowest BCUT2D eigenvalue weighted by atomic mass is 10.2. The van der Waals surface area contributed by atoms with E-state index in [1.54, 1.807) is 19.2 Å². The Bertz CT molecular complexity index is 445. The highest BCUT2D eigenvalue weighted by Crippen LogP contribution is 2.15. The molecule has 0 saturated carbocycles. The molecule has 2 N–H and O–H groups in total. The zero-order chi connectivity index (χ0) is 13.4. The SMILES string of the molecule is COCC(C)CNC(=O)c1ccc(C#CCO)s1. The molecule has 0 aliphatic heterocycles. The Morgan fingerprint density at radius 2 is 2.39 bits per heavy atom. The second-order valence-corrected chi connectivity index (χ2v) is 4.98. The molecule has 1 unspecified atom stereocenters. The number of nitrogens with one attached hydrogen (secondary N) is 1. The van der Waals surface area contributed by atoms with Gasteiger partial charge in [0.1, 0.15) is 6.61 Å². The van der Waals surface area contributed by atoms with Gasteiger partial charge in [-0.2, -0.15) is 0 Å². The fourth-order valence-corrected chi connectivity index (χ4v) is 2.15. The molecule has 0 fully saturated rings. The Morgan fingerprint density at radius 1 is 1.61 bits per heavy atom. The van der Waals surface area contributed by atoms with E-state index >= 15 is 0 Å². The number of carbonyl (C=O) groups excluding carboxylic acids is 1. The Hall–Kier alpha value is -1.35. The van der Waals surface area contributed by atoms with Crippen molar-refractivity contribution in [3.05, 3.63) is 21.9 Å². The second-order valence-electron chi connectivity index (χ2n) is 3.89. The van der Waals surface area contributed by atoms with E-state index in [0.29, 0.717) is 18.0 Å². The minimum atomic E-state index is -0.173. The molecule has 0 aliphatic rings. The van der Waals surface area contributed by atoms with Gasteiger partial charge in [-0.05, 0) is 18.1 Å². The van der Waals surface area contributed by atoms with Gasteiger partial charge in [-0.15, -0.1) is 11.3 Å². The first-order chi connectivity index (χ1) is 8.67. The highest BCUT2D eigenvalue weighted by molar-refractivity contribution is 7.14. The van der Waals surface area contributed by atoms with Crippen LogP contribution < -0.4 is 5.32 Å².